The molecule has 5 nitrogen and oxygen atoms in total. The van der Waals surface area contributed by atoms with Crippen molar-refractivity contribution in [1.29, 1.82) is 0 Å². The molecule has 5 heteroatoms. The first kappa shape index (κ1) is 15.2. The van der Waals surface area contributed by atoms with E-state index in [4.69, 9.17) is 4.42 Å². The van der Waals surface area contributed by atoms with Crippen molar-refractivity contribution in [1.82, 2.24) is 9.55 Å². The summed E-state index contributed by atoms with van der Waals surface area (Å²) in [4.78, 5) is 16.7. The summed E-state index contributed by atoms with van der Waals surface area (Å²) >= 11 is 0. The molecule has 0 fully saturated rings. The molecule has 0 aliphatic rings. The van der Waals surface area contributed by atoms with Gasteiger partial charge >= 0.3 is 0 Å². The highest BCUT2D eigenvalue weighted by atomic mass is 16.3. The normalized spacial score (nSPS) is 10.9. The number of pyridine rings is 1. The molecular formula is C20H17N3O2. The van der Waals surface area contributed by atoms with Gasteiger partial charge in [0.05, 0.1) is 23.0 Å². The Labute approximate surface area is 144 Å². The number of rotatable bonds is 4. The molecule has 0 aliphatic carbocycles. The molecule has 3 aromatic heterocycles. The van der Waals surface area contributed by atoms with E-state index in [1.165, 1.54) is 12.5 Å². The molecule has 4 rings (SSSR count). The molecule has 1 aromatic carbocycles. The number of hydrogen-bond donors (Lipinski definition) is 1. The summed E-state index contributed by atoms with van der Waals surface area (Å²) in [6.07, 6.45) is 6.77. The van der Waals surface area contributed by atoms with E-state index < -0.39 is 0 Å². The van der Waals surface area contributed by atoms with Crippen molar-refractivity contribution >= 4 is 22.5 Å². The predicted molar refractivity (Wildman–Crippen MR) is 96.7 cm³/mol. The maximum Gasteiger partial charge on any atom is 0.258 e. The molecule has 4 aromatic rings. The molecule has 0 radical (unpaired) electrons. The summed E-state index contributed by atoms with van der Waals surface area (Å²) < 4.78 is 7.10. The number of aryl methyl sites for hydroxylation is 1. The van der Waals surface area contributed by atoms with E-state index in [9.17, 15) is 4.79 Å². The van der Waals surface area contributed by atoms with Crippen molar-refractivity contribution < 1.29 is 9.21 Å². The Balaban J connectivity index is 1.68. The van der Waals surface area contributed by atoms with Gasteiger partial charge in [-0.25, -0.2) is 0 Å². The molecule has 0 unspecified atom stereocenters. The molecule has 1 N–H and O–H groups in total. The van der Waals surface area contributed by atoms with E-state index in [1.807, 2.05) is 49.6 Å². The van der Waals surface area contributed by atoms with E-state index >= 15 is 0 Å². The van der Waals surface area contributed by atoms with Crippen molar-refractivity contribution in [2.24, 2.45) is 0 Å². The van der Waals surface area contributed by atoms with Gasteiger partial charge in [0.1, 0.15) is 6.26 Å². The maximum absolute atomic E-state index is 12.3. The molecule has 25 heavy (non-hydrogen) atoms. The zero-order valence-corrected chi connectivity index (χ0v) is 13.8. The van der Waals surface area contributed by atoms with Crippen LogP contribution in [-0.4, -0.2) is 15.5 Å². The third kappa shape index (κ3) is 3.04. The Bertz CT molecular complexity index is 1010. The van der Waals surface area contributed by atoms with E-state index in [2.05, 4.69) is 20.9 Å². The van der Waals surface area contributed by atoms with Gasteiger partial charge in [-0.2, -0.15) is 0 Å². The Kier molecular flexibility index (Phi) is 3.82. The van der Waals surface area contributed by atoms with Crippen molar-refractivity contribution in [3.05, 3.63) is 84.2 Å². The van der Waals surface area contributed by atoms with Gasteiger partial charge in [-0.3, -0.25) is 9.78 Å². The second-order valence-corrected chi connectivity index (χ2v) is 5.96. The van der Waals surface area contributed by atoms with Gasteiger partial charge in [0.15, 0.2) is 0 Å². The Morgan fingerprint density at radius 3 is 2.84 bits per heavy atom. The monoisotopic (exact) mass is 331 g/mol. The standard InChI is InChI=1S/C20H17N3O2/c1-14-6-7-15(10-21-14)11-23-12-18(17-4-2-3-5-19(17)23)22-20(24)16-8-9-25-13-16/h2-10,12-13H,11H2,1H3,(H,22,24). The third-order valence-electron chi connectivity index (χ3n) is 4.15. The molecule has 0 atom stereocenters. The molecule has 1 amide bonds. The van der Waals surface area contributed by atoms with Crippen LogP contribution in [0, 0.1) is 6.92 Å². The number of benzene rings is 1. The molecular weight excluding hydrogens is 314 g/mol. The SMILES string of the molecule is Cc1ccc(Cn2cc(NC(=O)c3ccoc3)c3ccccc32)cn1. The molecule has 0 spiro atoms. The zero-order valence-electron chi connectivity index (χ0n) is 13.8. The average molecular weight is 331 g/mol. The van der Waals surface area contributed by atoms with Gasteiger partial charge in [-0.05, 0) is 30.7 Å². The fourth-order valence-corrected chi connectivity index (χ4v) is 2.85. The van der Waals surface area contributed by atoms with Crippen molar-refractivity contribution in [3.63, 3.8) is 0 Å². The fourth-order valence-electron chi connectivity index (χ4n) is 2.85. The largest absolute Gasteiger partial charge is 0.472 e. The van der Waals surface area contributed by atoms with Crippen LogP contribution in [0.25, 0.3) is 10.9 Å². The Morgan fingerprint density at radius 2 is 2.08 bits per heavy atom. The minimum atomic E-state index is -0.186. The van der Waals surface area contributed by atoms with Crippen LogP contribution in [0.2, 0.25) is 0 Å². The van der Waals surface area contributed by atoms with Crippen molar-refractivity contribution in [3.8, 4) is 0 Å². The van der Waals surface area contributed by atoms with Gasteiger partial charge in [0.2, 0.25) is 0 Å². The Morgan fingerprint density at radius 1 is 1.20 bits per heavy atom. The van der Waals surface area contributed by atoms with Gasteiger partial charge in [-0.1, -0.05) is 24.3 Å². The highest BCUT2D eigenvalue weighted by molar-refractivity contribution is 6.08. The predicted octanol–water partition coefficient (Wildman–Crippen LogP) is 4.24. The second-order valence-electron chi connectivity index (χ2n) is 5.96. The lowest BCUT2D eigenvalue weighted by molar-refractivity contribution is 0.102. The van der Waals surface area contributed by atoms with Crippen molar-refractivity contribution in [2.75, 3.05) is 5.32 Å². The number of hydrogen-bond acceptors (Lipinski definition) is 3. The van der Waals surface area contributed by atoms with E-state index in [-0.39, 0.29) is 5.91 Å². The van der Waals surface area contributed by atoms with Crippen LogP contribution >= 0.6 is 0 Å². The summed E-state index contributed by atoms with van der Waals surface area (Å²) in [6, 6.07) is 13.7. The number of nitrogens with one attached hydrogen (secondary N) is 1. The Hall–Kier alpha value is -3.34. The van der Waals surface area contributed by atoms with Gasteiger partial charge in [0.25, 0.3) is 5.91 Å². The number of anilines is 1. The lowest BCUT2D eigenvalue weighted by Gasteiger charge is -2.05. The summed E-state index contributed by atoms with van der Waals surface area (Å²) in [5.41, 5.74) is 4.44. The molecule has 0 aliphatic heterocycles. The smallest absolute Gasteiger partial charge is 0.258 e. The van der Waals surface area contributed by atoms with E-state index in [1.54, 1.807) is 6.07 Å². The minimum absolute atomic E-state index is 0.186. The highest BCUT2D eigenvalue weighted by Gasteiger charge is 2.13. The number of furan rings is 1. The quantitative estimate of drug-likeness (QED) is 0.608. The maximum atomic E-state index is 12.3. The van der Waals surface area contributed by atoms with Crippen molar-refractivity contribution in [2.45, 2.75) is 13.5 Å². The number of aromatic nitrogens is 2. The average Bonchev–Trinajstić information content (AvgIpc) is 3.27. The zero-order chi connectivity index (χ0) is 17.2. The van der Waals surface area contributed by atoms with Crippen LogP contribution in [0.15, 0.2) is 71.8 Å². The van der Waals surface area contributed by atoms with Gasteiger partial charge in [-0.15, -0.1) is 0 Å². The highest BCUT2D eigenvalue weighted by Crippen LogP contribution is 2.27. The number of nitrogens with zero attached hydrogens (tertiary/aromatic N) is 2. The van der Waals surface area contributed by atoms with Gasteiger partial charge < -0.3 is 14.3 Å². The first-order valence-corrected chi connectivity index (χ1v) is 8.03. The van der Waals surface area contributed by atoms with Crippen LogP contribution in [-0.2, 0) is 6.54 Å². The lowest BCUT2D eigenvalue weighted by atomic mass is 10.2. The summed E-state index contributed by atoms with van der Waals surface area (Å²) in [5, 5.41) is 3.97. The second kappa shape index (κ2) is 6.28. The van der Waals surface area contributed by atoms with E-state index in [0.29, 0.717) is 12.1 Å². The molecule has 0 bridgehead atoms. The number of carbonyl (C=O) groups is 1. The molecule has 0 saturated carbocycles. The third-order valence-corrected chi connectivity index (χ3v) is 4.15. The summed E-state index contributed by atoms with van der Waals surface area (Å²) in [5.74, 6) is -0.186. The van der Waals surface area contributed by atoms with Crippen LogP contribution < -0.4 is 5.32 Å². The lowest BCUT2D eigenvalue weighted by Crippen LogP contribution is -2.10. The number of fused-ring (bicyclic) bond motifs is 1. The summed E-state index contributed by atoms with van der Waals surface area (Å²) in [6.45, 7) is 2.66. The van der Waals surface area contributed by atoms with Gasteiger partial charge in [0, 0.05) is 30.0 Å². The van der Waals surface area contributed by atoms with E-state index in [0.717, 1.165) is 27.8 Å². The first-order valence-electron chi connectivity index (χ1n) is 8.03. The van der Waals surface area contributed by atoms with Crippen LogP contribution in [0.3, 0.4) is 0 Å². The van der Waals surface area contributed by atoms with Crippen LogP contribution in [0.4, 0.5) is 5.69 Å². The minimum Gasteiger partial charge on any atom is -0.472 e. The number of para-hydroxylation sites is 1. The summed E-state index contributed by atoms with van der Waals surface area (Å²) in [7, 11) is 0. The van der Waals surface area contributed by atoms with Crippen LogP contribution in [0.1, 0.15) is 21.6 Å². The molecule has 0 saturated heterocycles. The first-order chi connectivity index (χ1) is 12.2. The molecule has 124 valence electrons. The molecule has 3 heterocycles. The fraction of sp³-hybridized carbons (Fsp3) is 0.100. The number of amides is 1. The van der Waals surface area contributed by atoms with Crippen LogP contribution in [0.5, 0.6) is 0 Å². The number of carbonyl (C=O) groups excluding carboxylic acids is 1. The topological polar surface area (TPSA) is 60.1 Å².